The van der Waals surface area contributed by atoms with Crippen molar-refractivity contribution in [3.63, 3.8) is 0 Å². The molecule has 192 valence electrons. The average Bonchev–Trinajstić information content (AvgIpc) is 3.23. The molecule has 1 aliphatic carbocycles. The summed E-state index contributed by atoms with van der Waals surface area (Å²) in [6, 6.07) is 3.64. The Morgan fingerprint density at radius 3 is 2.86 bits per heavy atom. The molecule has 0 radical (unpaired) electrons. The Morgan fingerprint density at radius 1 is 1.28 bits per heavy atom. The summed E-state index contributed by atoms with van der Waals surface area (Å²) in [5.74, 6) is 1.84. The highest BCUT2D eigenvalue weighted by atomic mass is 19.1. The number of ether oxygens (including phenoxy) is 2. The van der Waals surface area contributed by atoms with Crippen LogP contribution in [0.25, 0.3) is 5.65 Å². The van der Waals surface area contributed by atoms with Gasteiger partial charge in [-0.05, 0) is 26.8 Å². The second-order valence-electron chi connectivity index (χ2n) is 10.0. The van der Waals surface area contributed by atoms with Gasteiger partial charge in [0.15, 0.2) is 18.1 Å². The first kappa shape index (κ1) is 23.0. The zero-order valence-corrected chi connectivity index (χ0v) is 20.3. The fourth-order valence-electron chi connectivity index (χ4n) is 4.52. The van der Waals surface area contributed by atoms with E-state index in [1.165, 1.54) is 0 Å². The molecule has 1 amide bonds. The molecule has 3 aromatic rings. The van der Waals surface area contributed by atoms with Gasteiger partial charge in [0.25, 0.3) is 0 Å². The van der Waals surface area contributed by atoms with Crippen LogP contribution in [-0.4, -0.2) is 93.2 Å². The van der Waals surface area contributed by atoms with E-state index in [9.17, 15) is 4.79 Å². The van der Waals surface area contributed by atoms with Crippen LogP contribution in [0.15, 0.2) is 24.5 Å². The number of nitrogens with one attached hydrogen (secondary N) is 3. The molecule has 0 spiro atoms. The minimum Gasteiger partial charge on any atom is -0.441 e. The van der Waals surface area contributed by atoms with Crippen LogP contribution >= 0.6 is 0 Å². The smallest absolute Gasteiger partial charge is 0.408 e. The van der Waals surface area contributed by atoms with Gasteiger partial charge in [-0.1, -0.05) is 0 Å². The van der Waals surface area contributed by atoms with Crippen molar-refractivity contribution in [1.82, 2.24) is 34.8 Å². The van der Waals surface area contributed by atoms with Gasteiger partial charge >= 0.3 is 6.09 Å². The maximum Gasteiger partial charge on any atom is 0.408 e. The number of nitrogens with zero attached hydrogens (tertiary/aromatic N) is 6. The Kier molecular flexibility index (Phi) is 5.67. The Hall–Kier alpha value is -3.45. The average molecular weight is 500 g/mol. The number of aromatic nitrogens is 5. The molecule has 13 heteroatoms. The molecule has 0 bridgehead atoms. The van der Waals surface area contributed by atoms with Gasteiger partial charge in [0.1, 0.15) is 17.6 Å². The summed E-state index contributed by atoms with van der Waals surface area (Å²) >= 11 is 0. The summed E-state index contributed by atoms with van der Waals surface area (Å²) in [5.41, 5.74) is 0.975. The number of carbonyl (C=O) groups is 1. The van der Waals surface area contributed by atoms with Crippen molar-refractivity contribution in [2.24, 2.45) is 0 Å². The third kappa shape index (κ3) is 4.55. The molecule has 0 aromatic carbocycles. The van der Waals surface area contributed by atoms with Crippen LogP contribution in [0.1, 0.15) is 31.6 Å². The lowest BCUT2D eigenvalue weighted by molar-refractivity contribution is 0.0604. The van der Waals surface area contributed by atoms with Crippen LogP contribution in [0.3, 0.4) is 0 Å². The highest BCUT2D eigenvalue weighted by molar-refractivity contribution is 5.69. The molecule has 6 rings (SSSR count). The van der Waals surface area contributed by atoms with Gasteiger partial charge in [0, 0.05) is 56.2 Å². The van der Waals surface area contributed by atoms with Crippen molar-refractivity contribution in [2.45, 2.75) is 43.7 Å². The summed E-state index contributed by atoms with van der Waals surface area (Å²) in [7, 11) is 2.11. The van der Waals surface area contributed by atoms with Crippen LogP contribution < -0.4 is 15.5 Å². The number of imidazole rings is 1. The monoisotopic (exact) mass is 499 g/mol. The molecule has 3 aromatic heterocycles. The number of amides is 1. The van der Waals surface area contributed by atoms with E-state index in [0.29, 0.717) is 17.5 Å². The highest BCUT2D eigenvalue weighted by Crippen LogP contribution is 2.36. The molecular weight excluding hydrogens is 469 g/mol. The molecule has 5 heterocycles. The molecular formula is C23H30FN9O3. The number of hydrogen-bond donors (Lipinski definition) is 3. The van der Waals surface area contributed by atoms with E-state index in [-0.39, 0.29) is 12.1 Å². The number of likely N-dealkylation sites (N-methyl/N-ethyl adjacent to an activating group) is 1. The zero-order valence-electron chi connectivity index (χ0n) is 20.3. The largest absolute Gasteiger partial charge is 0.441 e. The first-order valence-electron chi connectivity index (χ1n) is 12.2. The van der Waals surface area contributed by atoms with Crippen LogP contribution in [-0.2, 0) is 9.47 Å². The quantitative estimate of drug-likeness (QED) is 0.467. The number of anilines is 3. The molecule has 1 saturated carbocycles. The first-order chi connectivity index (χ1) is 17.4. The standard InChI is InChI=1S/C23H30FN9O3/c1-23(3-4-23)28-22(34)36-15-13-35-20(19(15)24)14-11-16(30-29-14)26-21-27-18(12-17-25-5-6-33(17)21)32-9-7-31(2)8-10-32/h5-6,11-12,15,19-20H,3-4,7-10,13H2,1-2H3,(H,28,34)(H2,26,27,29,30)/t15-,19+,20-/m1/s1. The SMILES string of the molecule is CN1CCN(c2cc3nccn3c(Nc3cc([C@H]4OC[C@@H](OC(=O)NC5(C)CC5)[C@@H]4F)[nH]n3)n2)CC1. The van der Waals surface area contributed by atoms with E-state index >= 15 is 4.39 Å². The number of fused-ring (bicyclic) bond motifs is 1. The molecule has 2 aliphatic heterocycles. The zero-order chi connectivity index (χ0) is 24.9. The second kappa shape index (κ2) is 8.89. The van der Waals surface area contributed by atoms with Crippen LogP contribution in [0.4, 0.5) is 26.8 Å². The molecule has 12 nitrogen and oxygen atoms in total. The fraction of sp³-hybridized carbons (Fsp3) is 0.565. The van der Waals surface area contributed by atoms with Crippen molar-refractivity contribution < 1.29 is 18.7 Å². The van der Waals surface area contributed by atoms with Crippen molar-refractivity contribution in [3.8, 4) is 0 Å². The van der Waals surface area contributed by atoms with Gasteiger partial charge in [-0.2, -0.15) is 10.1 Å². The number of alkyl carbamates (subject to hydrolysis) is 1. The third-order valence-electron chi connectivity index (χ3n) is 7.09. The number of hydrogen-bond acceptors (Lipinski definition) is 9. The summed E-state index contributed by atoms with van der Waals surface area (Å²) < 4.78 is 27.8. The number of aromatic amines is 1. The minimum atomic E-state index is -1.52. The number of H-pyrrole nitrogens is 1. The molecule has 3 fully saturated rings. The van der Waals surface area contributed by atoms with Gasteiger partial charge < -0.3 is 29.9 Å². The predicted octanol–water partition coefficient (Wildman–Crippen LogP) is 2.00. The first-order valence-corrected chi connectivity index (χ1v) is 12.2. The Bertz CT molecular complexity index is 1250. The summed E-state index contributed by atoms with van der Waals surface area (Å²) in [6.45, 7) is 5.59. The Morgan fingerprint density at radius 2 is 2.08 bits per heavy atom. The van der Waals surface area contributed by atoms with Gasteiger partial charge in [0.2, 0.25) is 5.95 Å². The molecule has 0 unspecified atom stereocenters. The van der Waals surface area contributed by atoms with Crippen molar-refractivity contribution in [3.05, 3.63) is 30.2 Å². The topological polar surface area (TPSA) is 125 Å². The lowest BCUT2D eigenvalue weighted by atomic mass is 10.1. The molecule has 3 N–H and O–H groups in total. The van der Waals surface area contributed by atoms with E-state index in [1.807, 2.05) is 23.6 Å². The third-order valence-corrected chi connectivity index (χ3v) is 7.09. The Balaban J connectivity index is 1.15. The normalized spacial score (nSPS) is 25.8. The molecule has 2 saturated heterocycles. The lowest BCUT2D eigenvalue weighted by Gasteiger charge is -2.33. The number of halogens is 1. The predicted molar refractivity (Wildman–Crippen MR) is 129 cm³/mol. The van der Waals surface area contributed by atoms with Crippen molar-refractivity contribution in [1.29, 1.82) is 0 Å². The van der Waals surface area contributed by atoms with Crippen molar-refractivity contribution >= 4 is 29.3 Å². The minimum absolute atomic E-state index is 0.0258. The van der Waals surface area contributed by atoms with E-state index in [2.05, 4.69) is 42.7 Å². The van der Waals surface area contributed by atoms with E-state index in [4.69, 9.17) is 14.5 Å². The lowest BCUT2D eigenvalue weighted by Crippen LogP contribution is -2.44. The maximum atomic E-state index is 15.1. The number of alkyl halides is 1. The summed E-state index contributed by atoms with van der Waals surface area (Å²) in [5, 5.41) is 13.1. The molecule has 3 aliphatic rings. The fourth-order valence-corrected chi connectivity index (χ4v) is 4.52. The summed E-state index contributed by atoms with van der Waals surface area (Å²) in [6.07, 6.45) is 1.29. The van der Waals surface area contributed by atoms with Gasteiger partial charge in [-0.3, -0.25) is 9.50 Å². The van der Waals surface area contributed by atoms with E-state index < -0.39 is 24.5 Å². The van der Waals surface area contributed by atoms with Crippen LogP contribution in [0.5, 0.6) is 0 Å². The van der Waals surface area contributed by atoms with Crippen LogP contribution in [0.2, 0.25) is 0 Å². The highest BCUT2D eigenvalue weighted by Gasteiger charge is 2.44. The Labute approximate surface area is 207 Å². The van der Waals surface area contributed by atoms with Crippen molar-refractivity contribution in [2.75, 3.05) is 50.1 Å². The number of piperazine rings is 1. The summed E-state index contributed by atoms with van der Waals surface area (Å²) in [4.78, 5) is 25.8. The van der Waals surface area contributed by atoms with Gasteiger partial charge in [-0.15, -0.1) is 0 Å². The molecule has 3 atom stereocenters. The van der Waals surface area contributed by atoms with Crippen LogP contribution in [0, 0.1) is 0 Å². The number of rotatable bonds is 6. The van der Waals surface area contributed by atoms with E-state index in [0.717, 1.165) is 50.5 Å². The maximum absolute atomic E-state index is 15.1. The van der Waals surface area contributed by atoms with Gasteiger partial charge in [0.05, 0.1) is 12.3 Å². The molecule has 36 heavy (non-hydrogen) atoms. The van der Waals surface area contributed by atoms with E-state index in [1.54, 1.807) is 12.3 Å². The second-order valence-corrected chi connectivity index (χ2v) is 10.0. The van der Waals surface area contributed by atoms with Gasteiger partial charge in [-0.25, -0.2) is 14.2 Å². The number of carbonyl (C=O) groups excluding carboxylic acids is 1.